The van der Waals surface area contributed by atoms with E-state index in [9.17, 15) is 0 Å². The molecule has 0 fully saturated rings. The quantitative estimate of drug-likeness (QED) is 0.700. The molecule has 118 valence electrons. The molecule has 0 amide bonds. The molecule has 0 radical (unpaired) electrons. The molecule has 2 heterocycles. The van der Waals surface area contributed by atoms with E-state index < -0.39 is 0 Å². The highest BCUT2D eigenvalue weighted by Gasteiger charge is 2.11. The van der Waals surface area contributed by atoms with Crippen molar-refractivity contribution >= 4 is 0 Å². The van der Waals surface area contributed by atoms with Gasteiger partial charge in [0.05, 0.1) is 6.54 Å². The number of pyridine rings is 1. The first-order valence-corrected chi connectivity index (χ1v) is 7.64. The molecule has 1 aromatic carbocycles. The van der Waals surface area contributed by atoms with Crippen molar-refractivity contribution in [1.82, 2.24) is 20.0 Å². The van der Waals surface area contributed by atoms with Gasteiger partial charge in [-0.1, -0.05) is 35.5 Å². The van der Waals surface area contributed by atoms with E-state index in [-0.39, 0.29) is 0 Å². The minimum atomic E-state index is 0.629. The maximum absolute atomic E-state index is 5.36. The van der Waals surface area contributed by atoms with Crippen LogP contribution in [-0.2, 0) is 19.5 Å². The molecule has 0 N–H and O–H groups in total. The first-order chi connectivity index (χ1) is 11.2. The van der Waals surface area contributed by atoms with Crippen LogP contribution in [0.25, 0.3) is 0 Å². The van der Waals surface area contributed by atoms with Crippen molar-refractivity contribution in [2.75, 3.05) is 7.05 Å². The Bertz CT molecular complexity index is 754. The number of hydrogen-bond acceptors (Lipinski definition) is 5. The summed E-state index contributed by atoms with van der Waals surface area (Å²) in [5.74, 6) is 1.37. The zero-order valence-electron chi connectivity index (χ0n) is 13.4. The van der Waals surface area contributed by atoms with Crippen molar-refractivity contribution < 1.29 is 4.52 Å². The Morgan fingerprint density at radius 3 is 2.70 bits per heavy atom. The van der Waals surface area contributed by atoms with Crippen molar-refractivity contribution in [3.05, 3.63) is 77.2 Å². The fraction of sp³-hybridized carbons (Fsp3) is 0.278. The zero-order chi connectivity index (χ0) is 16.1. The summed E-state index contributed by atoms with van der Waals surface area (Å²) in [6.45, 7) is 3.52. The van der Waals surface area contributed by atoms with Crippen molar-refractivity contribution in [2.45, 2.75) is 26.4 Å². The number of aryl methyl sites for hydroxylation is 1. The molecular weight excluding hydrogens is 288 g/mol. The largest absolute Gasteiger partial charge is 0.338 e. The fourth-order valence-corrected chi connectivity index (χ4v) is 2.46. The maximum atomic E-state index is 5.36. The highest BCUT2D eigenvalue weighted by Crippen LogP contribution is 2.11. The second-order valence-corrected chi connectivity index (χ2v) is 5.74. The smallest absolute Gasteiger partial charge is 0.240 e. The fourth-order valence-electron chi connectivity index (χ4n) is 2.46. The van der Waals surface area contributed by atoms with E-state index in [1.807, 2.05) is 43.7 Å². The molecular formula is C18H20N4O. The average molecular weight is 308 g/mol. The topological polar surface area (TPSA) is 55.1 Å². The molecule has 0 bridgehead atoms. The van der Waals surface area contributed by atoms with Crippen molar-refractivity contribution in [3.63, 3.8) is 0 Å². The molecule has 0 atom stereocenters. The molecule has 3 aromatic rings. The van der Waals surface area contributed by atoms with Crippen LogP contribution < -0.4 is 0 Å². The van der Waals surface area contributed by atoms with Crippen LogP contribution in [0.4, 0.5) is 0 Å². The van der Waals surface area contributed by atoms with Crippen LogP contribution in [0.5, 0.6) is 0 Å². The average Bonchev–Trinajstić information content (AvgIpc) is 2.97. The van der Waals surface area contributed by atoms with Crippen LogP contribution in [0.15, 0.2) is 53.3 Å². The molecule has 5 heteroatoms. The highest BCUT2D eigenvalue weighted by molar-refractivity contribution is 5.21. The molecule has 0 aliphatic carbocycles. The van der Waals surface area contributed by atoms with Gasteiger partial charge in [-0.05, 0) is 36.7 Å². The van der Waals surface area contributed by atoms with E-state index in [1.54, 1.807) is 0 Å². The first kappa shape index (κ1) is 15.4. The van der Waals surface area contributed by atoms with Crippen molar-refractivity contribution in [2.24, 2.45) is 0 Å². The van der Waals surface area contributed by atoms with E-state index >= 15 is 0 Å². The van der Waals surface area contributed by atoms with Crippen LogP contribution >= 0.6 is 0 Å². The van der Waals surface area contributed by atoms with Gasteiger partial charge in [-0.25, -0.2) is 0 Å². The summed E-state index contributed by atoms with van der Waals surface area (Å²) >= 11 is 0. The van der Waals surface area contributed by atoms with E-state index in [1.165, 1.54) is 16.7 Å². The Morgan fingerprint density at radius 2 is 1.91 bits per heavy atom. The molecule has 0 unspecified atom stereocenters. The van der Waals surface area contributed by atoms with Gasteiger partial charge < -0.3 is 4.52 Å². The Morgan fingerprint density at radius 1 is 1.09 bits per heavy atom. The summed E-state index contributed by atoms with van der Waals surface area (Å²) < 4.78 is 5.36. The Labute approximate surface area is 136 Å². The molecule has 0 spiro atoms. The number of nitrogens with zero attached hydrogens (tertiary/aromatic N) is 4. The number of rotatable bonds is 6. The normalized spacial score (nSPS) is 11.1. The first-order valence-electron chi connectivity index (χ1n) is 7.64. The SMILES string of the molecule is Cc1cnccc1CN(C)Cc1nc(Cc2ccccc2)no1. The lowest BCUT2D eigenvalue weighted by molar-refractivity contribution is 0.260. The van der Waals surface area contributed by atoms with Gasteiger partial charge in [0.15, 0.2) is 5.82 Å². The molecule has 0 saturated heterocycles. The Balaban J connectivity index is 1.59. The second kappa shape index (κ2) is 7.15. The monoisotopic (exact) mass is 308 g/mol. The lowest BCUT2D eigenvalue weighted by Crippen LogP contribution is -2.18. The third kappa shape index (κ3) is 4.23. The van der Waals surface area contributed by atoms with Gasteiger partial charge in [0.2, 0.25) is 5.89 Å². The van der Waals surface area contributed by atoms with Crippen LogP contribution in [0.1, 0.15) is 28.4 Å². The maximum Gasteiger partial charge on any atom is 0.240 e. The number of aromatic nitrogens is 3. The van der Waals surface area contributed by atoms with Crippen molar-refractivity contribution in [1.29, 1.82) is 0 Å². The lowest BCUT2D eigenvalue weighted by atomic mass is 10.1. The van der Waals surface area contributed by atoms with E-state index in [2.05, 4.69) is 39.1 Å². The summed E-state index contributed by atoms with van der Waals surface area (Å²) in [4.78, 5) is 10.8. The summed E-state index contributed by atoms with van der Waals surface area (Å²) in [6, 6.07) is 12.2. The zero-order valence-corrected chi connectivity index (χ0v) is 13.4. The lowest BCUT2D eigenvalue weighted by Gasteiger charge is -2.15. The molecule has 2 aromatic heterocycles. The summed E-state index contributed by atoms with van der Waals surface area (Å²) in [7, 11) is 2.04. The van der Waals surface area contributed by atoms with Crippen molar-refractivity contribution in [3.8, 4) is 0 Å². The third-order valence-electron chi connectivity index (χ3n) is 3.70. The van der Waals surface area contributed by atoms with Gasteiger partial charge in [-0.15, -0.1) is 0 Å². The van der Waals surface area contributed by atoms with Gasteiger partial charge in [0.1, 0.15) is 0 Å². The highest BCUT2D eigenvalue weighted by atomic mass is 16.5. The molecule has 3 rings (SSSR count). The summed E-state index contributed by atoms with van der Waals surface area (Å²) in [5.41, 5.74) is 3.63. The predicted octanol–water partition coefficient (Wildman–Crippen LogP) is 3.00. The second-order valence-electron chi connectivity index (χ2n) is 5.74. The third-order valence-corrected chi connectivity index (χ3v) is 3.70. The molecule has 23 heavy (non-hydrogen) atoms. The minimum Gasteiger partial charge on any atom is -0.338 e. The van der Waals surface area contributed by atoms with Gasteiger partial charge in [0.25, 0.3) is 0 Å². The van der Waals surface area contributed by atoms with Gasteiger partial charge in [-0.2, -0.15) is 4.98 Å². The molecule has 0 aliphatic heterocycles. The summed E-state index contributed by atoms with van der Waals surface area (Å²) in [5, 5.41) is 4.07. The van der Waals surface area contributed by atoms with Crippen LogP contribution in [0.2, 0.25) is 0 Å². The number of benzene rings is 1. The number of hydrogen-bond donors (Lipinski definition) is 0. The molecule has 0 saturated carbocycles. The molecule has 0 aliphatic rings. The summed E-state index contributed by atoms with van der Waals surface area (Å²) in [6.07, 6.45) is 4.40. The minimum absolute atomic E-state index is 0.629. The van der Waals surface area contributed by atoms with Gasteiger partial charge in [-0.3, -0.25) is 9.88 Å². The van der Waals surface area contributed by atoms with E-state index in [4.69, 9.17) is 4.52 Å². The predicted molar refractivity (Wildman–Crippen MR) is 87.7 cm³/mol. The molecule has 5 nitrogen and oxygen atoms in total. The Kier molecular flexibility index (Phi) is 4.78. The standard InChI is InChI=1S/C18H20N4O/c1-14-11-19-9-8-16(14)12-22(2)13-18-20-17(21-23-18)10-15-6-4-3-5-7-15/h3-9,11H,10,12-13H2,1-2H3. The van der Waals surface area contributed by atoms with Gasteiger partial charge in [0, 0.05) is 25.4 Å². The van der Waals surface area contributed by atoms with Crippen LogP contribution in [0, 0.1) is 6.92 Å². The van der Waals surface area contributed by atoms with Crippen LogP contribution in [0.3, 0.4) is 0 Å². The van der Waals surface area contributed by atoms with E-state index in [0.29, 0.717) is 18.9 Å². The van der Waals surface area contributed by atoms with Gasteiger partial charge >= 0.3 is 0 Å². The van der Waals surface area contributed by atoms with Crippen LogP contribution in [-0.4, -0.2) is 27.1 Å². The Hall–Kier alpha value is -2.53. The van der Waals surface area contributed by atoms with E-state index in [0.717, 1.165) is 12.4 Å².